The molecule has 1 unspecified atom stereocenters. The van der Waals surface area contributed by atoms with Gasteiger partial charge < -0.3 is 0 Å². The maximum atomic E-state index is 4.96. The average molecular weight is 200 g/mol. The third-order valence-corrected chi connectivity index (χ3v) is 4.42. The molecule has 0 heterocycles. The Bertz CT molecular complexity index is 136. The van der Waals surface area contributed by atoms with Gasteiger partial charge >= 0.3 is 0 Å². The quantitative estimate of drug-likeness (QED) is 0.637. The van der Waals surface area contributed by atoms with E-state index in [0.717, 1.165) is 5.92 Å². The smallest absolute Gasteiger partial charge is 0.0158 e. The molecule has 0 radical (unpaired) electrons. The second-order valence-electron chi connectivity index (χ2n) is 4.56. The molecule has 0 N–H and O–H groups in total. The van der Waals surface area contributed by atoms with Gasteiger partial charge in [-0.15, -0.1) is 0 Å². The molecular formula is C12H24S. The molecule has 0 aromatic carbocycles. The Labute approximate surface area is 88.9 Å². The number of rotatable bonds is 4. The summed E-state index contributed by atoms with van der Waals surface area (Å²) in [6.45, 7) is 4.62. The molecule has 0 spiro atoms. The molecule has 0 aromatic rings. The summed E-state index contributed by atoms with van der Waals surface area (Å²) in [6.07, 6.45) is 11.0. The van der Waals surface area contributed by atoms with Crippen molar-refractivity contribution in [2.45, 2.75) is 70.0 Å². The molecule has 13 heavy (non-hydrogen) atoms. The lowest BCUT2D eigenvalue weighted by molar-refractivity contribution is 0.267. The zero-order valence-corrected chi connectivity index (χ0v) is 10.1. The number of thiol groups is 1. The number of hydrogen-bond acceptors (Lipinski definition) is 1. The molecule has 1 aliphatic carbocycles. The molecule has 0 nitrogen and oxygen atoms in total. The maximum absolute atomic E-state index is 4.96. The van der Waals surface area contributed by atoms with Crippen molar-refractivity contribution in [1.29, 1.82) is 0 Å². The van der Waals surface area contributed by atoms with Gasteiger partial charge in [-0.3, -0.25) is 0 Å². The summed E-state index contributed by atoms with van der Waals surface area (Å²) < 4.78 is 0.392. The summed E-state index contributed by atoms with van der Waals surface area (Å²) >= 11 is 4.96. The van der Waals surface area contributed by atoms with Crippen molar-refractivity contribution in [2.24, 2.45) is 5.92 Å². The average Bonchev–Trinajstić information content (AvgIpc) is 2.15. The molecule has 1 fully saturated rings. The van der Waals surface area contributed by atoms with Gasteiger partial charge in [-0.2, -0.15) is 12.6 Å². The summed E-state index contributed by atoms with van der Waals surface area (Å²) in [6, 6.07) is 0. The largest absolute Gasteiger partial charge is 0.172 e. The Hall–Kier alpha value is 0.350. The van der Waals surface area contributed by atoms with E-state index in [2.05, 4.69) is 13.8 Å². The van der Waals surface area contributed by atoms with Crippen LogP contribution in [0.15, 0.2) is 0 Å². The minimum atomic E-state index is 0.392. The van der Waals surface area contributed by atoms with E-state index >= 15 is 0 Å². The maximum Gasteiger partial charge on any atom is 0.0158 e. The molecule has 0 aromatic heterocycles. The third-order valence-electron chi connectivity index (χ3n) is 3.61. The van der Waals surface area contributed by atoms with Crippen LogP contribution in [0.1, 0.15) is 65.2 Å². The van der Waals surface area contributed by atoms with Crippen LogP contribution in [0.5, 0.6) is 0 Å². The Balaban J connectivity index is 2.52. The van der Waals surface area contributed by atoms with Gasteiger partial charge in [-0.05, 0) is 25.2 Å². The minimum Gasteiger partial charge on any atom is -0.172 e. The van der Waals surface area contributed by atoms with E-state index in [1.54, 1.807) is 0 Å². The second-order valence-corrected chi connectivity index (χ2v) is 5.45. The first-order valence-electron chi connectivity index (χ1n) is 5.95. The Morgan fingerprint density at radius 2 is 1.77 bits per heavy atom. The molecule has 1 aliphatic rings. The molecule has 1 rings (SSSR count). The molecular weight excluding hydrogens is 176 g/mol. The van der Waals surface area contributed by atoms with Gasteiger partial charge in [0.2, 0.25) is 0 Å². The SMILES string of the molecule is CCCC(CC)C1(S)CCCCC1. The Morgan fingerprint density at radius 3 is 2.23 bits per heavy atom. The molecule has 1 saturated carbocycles. The topological polar surface area (TPSA) is 0 Å². The Kier molecular flexibility index (Phi) is 4.64. The summed E-state index contributed by atoms with van der Waals surface area (Å²) in [5.74, 6) is 0.862. The van der Waals surface area contributed by atoms with E-state index in [1.165, 1.54) is 51.4 Å². The first-order chi connectivity index (χ1) is 6.23. The van der Waals surface area contributed by atoms with Crippen LogP contribution in [0.2, 0.25) is 0 Å². The van der Waals surface area contributed by atoms with Gasteiger partial charge in [-0.25, -0.2) is 0 Å². The van der Waals surface area contributed by atoms with E-state index in [4.69, 9.17) is 12.6 Å². The molecule has 0 amide bonds. The second kappa shape index (κ2) is 5.29. The van der Waals surface area contributed by atoms with Gasteiger partial charge in [0.05, 0.1) is 0 Å². The standard InChI is InChI=1S/C12H24S/c1-3-8-11(4-2)12(13)9-6-5-7-10-12/h11,13H,3-10H2,1-2H3. The van der Waals surface area contributed by atoms with Gasteiger partial charge in [0.15, 0.2) is 0 Å². The zero-order chi connectivity index (χ0) is 9.73. The highest BCUT2D eigenvalue weighted by Crippen LogP contribution is 2.43. The summed E-state index contributed by atoms with van der Waals surface area (Å²) in [4.78, 5) is 0. The van der Waals surface area contributed by atoms with E-state index in [1.807, 2.05) is 0 Å². The van der Waals surface area contributed by atoms with Gasteiger partial charge in [0, 0.05) is 4.75 Å². The minimum absolute atomic E-state index is 0.392. The van der Waals surface area contributed by atoms with E-state index < -0.39 is 0 Å². The fourth-order valence-corrected chi connectivity index (χ4v) is 3.40. The van der Waals surface area contributed by atoms with Gasteiger partial charge in [0.25, 0.3) is 0 Å². The van der Waals surface area contributed by atoms with Crippen LogP contribution in [0.4, 0.5) is 0 Å². The van der Waals surface area contributed by atoms with E-state index in [-0.39, 0.29) is 0 Å². The molecule has 0 bridgehead atoms. The van der Waals surface area contributed by atoms with Crippen LogP contribution in [-0.2, 0) is 0 Å². The van der Waals surface area contributed by atoms with Crippen molar-refractivity contribution >= 4 is 12.6 Å². The lowest BCUT2D eigenvalue weighted by atomic mass is 9.76. The Morgan fingerprint density at radius 1 is 1.15 bits per heavy atom. The normalized spacial score (nSPS) is 24.2. The van der Waals surface area contributed by atoms with Crippen LogP contribution in [0.3, 0.4) is 0 Å². The van der Waals surface area contributed by atoms with Crippen LogP contribution in [0.25, 0.3) is 0 Å². The predicted octanol–water partition coefficient (Wildman–Crippen LogP) is 4.45. The van der Waals surface area contributed by atoms with E-state index in [9.17, 15) is 0 Å². The lowest BCUT2D eigenvalue weighted by Gasteiger charge is -2.39. The highest BCUT2D eigenvalue weighted by Gasteiger charge is 2.34. The summed E-state index contributed by atoms with van der Waals surface area (Å²) in [5, 5.41) is 0. The highest BCUT2D eigenvalue weighted by atomic mass is 32.1. The van der Waals surface area contributed by atoms with Crippen LogP contribution < -0.4 is 0 Å². The molecule has 1 heteroatoms. The lowest BCUT2D eigenvalue weighted by Crippen LogP contribution is -2.34. The predicted molar refractivity (Wildman–Crippen MR) is 63.5 cm³/mol. The molecule has 0 aliphatic heterocycles. The van der Waals surface area contributed by atoms with Crippen molar-refractivity contribution in [2.75, 3.05) is 0 Å². The fourth-order valence-electron chi connectivity index (χ4n) is 2.77. The van der Waals surface area contributed by atoms with Crippen molar-refractivity contribution in [3.8, 4) is 0 Å². The molecule has 1 atom stereocenters. The monoisotopic (exact) mass is 200 g/mol. The third kappa shape index (κ3) is 2.90. The van der Waals surface area contributed by atoms with E-state index in [0.29, 0.717) is 4.75 Å². The van der Waals surface area contributed by atoms with Crippen molar-refractivity contribution < 1.29 is 0 Å². The van der Waals surface area contributed by atoms with Crippen LogP contribution in [-0.4, -0.2) is 4.75 Å². The highest BCUT2D eigenvalue weighted by molar-refractivity contribution is 7.81. The molecule has 0 saturated heterocycles. The summed E-state index contributed by atoms with van der Waals surface area (Å²) in [7, 11) is 0. The van der Waals surface area contributed by atoms with Gasteiger partial charge in [-0.1, -0.05) is 46.0 Å². The first kappa shape index (κ1) is 11.4. The van der Waals surface area contributed by atoms with Gasteiger partial charge in [0.1, 0.15) is 0 Å². The van der Waals surface area contributed by atoms with Crippen molar-refractivity contribution in [3.63, 3.8) is 0 Å². The van der Waals surface area contributed by atoms with Crippen LogP contribution in [0, 0.1) is 5.92 Å². The van der Waals surface area contributed by atoms with Crippen molar-refractivity contribution in [1.82, 2.24) is 0 Å². The first-order valence-corrected chi connectivity index (χ1v) is 6.40. The zero-order valence-electron chi connectivity index (χ0n) is 9.18. The fraction of sp³-hybridized carbons (Fsp3) is 1.00. The molecule has 78 valence electrons. The number of hydrogen-bond donors (Lipinski definition) is 1. The van der Waals surface area contributed by atoms with Crippen LogP contribution >= 0.6 is 12.6 Å². The summed E-state index contributed by atoms with van der Waals surface area (Å²) in [5.41, 5.74) is 0. The van der Waals surface area contributed by atoms with Crippen molar-refractivity contribution in [3.05, 3.63) is 0 Å².